The molecular formula is C15H15N3O. The van der Waals surface area contributed by atoms with Crippen molar-refractivity contribution in [2.24, 2.45) is 0 Å². The fourth-order valence-electron chi connectivity index (χ4n) is 2.34. The van der Waals surface area contributed by atoms with Crippen LogP contribution in [0.25, 0.3) is 0 Å². The second kappa shape index (κ2) is 5.26. The molecule has 2 aromatic heterocycles. The Morgan fingerprint density at radius 2 is 2.00 bits per heavy atom. The quantitative estimate of drug-likeness (QED) is 0.771. The molecule has 0 spiro atoms. The number of carbonyl (C=O) groups is 1. The van der Waals surface area contributed by atoms with Gasteiger partial charge in [0.25, 0.3) is 0 Å². The highest BCUT2D eigenvalue weighted by atomic mass is 16.1. The molecule has 0 N–H and O–H groups in total. The number of carbonyl (C=O) groups excluding carboxylic acids is 1. The van der Waals surface area contributed by atoms with Crippen LogP contribution in [0.4, 0.5) is 0 Å². The van der Waals surface area contributed by atoms with Gasteiger partial charge < -0.3 is 0 Å². The molecule has 0 atom stereocenters. The van der Waals surface area contributed by atoms with Gasteiger partial charge in [0.2, 0.25) is 0 Å². The SMILES string of the molecule is O=C1CCCCc2nc(Cc3ccccn3)ncc21. The first-order chi connectivity index (χ1) is 9.33. The first kappa shape index (κ1) is 12.0. The smallest absolute Gasteiger partial charge is 0.166 e. The summed E-state index contributed by atoms with van der Waals surface area (Å²) in [5.74, 6) is 0.920. The van der Waals surface area contributed by atoms with E-state index < -0.39 is 0 Å². The molecule has 0 amide bonds. The molecule has 0 unspecified atom stereocenters. The van der Waals surface area contributed by atoms with Crippen LogP contribution in [0.1, 0.15) is 46.8 Å². The Hall–Kier alpha value is -2.10. The fourth-order valence-corrected chi connectivity index (χ4v) is 2.34. The number of rotatable bonds is 2. The lowest BCUT2D eigenvalue weighted by atomic mass is 10.1. The summed E-state index contributed by atoms with van der Waals surface area (Å²) in [7, 11) is 0. The van der Waals surface area contributed by atoms with Crippen LogP contribution in [0.2, 0.25) is 0 Å². The van der Waals surface area contributed by atoms with Crippen molar-refractivity contribution in [1.29, 1.82) is 0 Å². The number of pyridine rings is 1. The number of fused-ring (bicyclic) bond motifs is 1. The number of ketones is 1. The zero-order valence-corrected chi connectivity index (χ0v) is 10.7. The highest BCUT2D eigenvalue weighted by molar-refractivity contribution is 5.97. The first-order valence-electron chi connectivity index (χ1n) is 6.61. The van der Waals surface area contributed by atoms with E-state index in [1.165, 1.54) is 0 Å². The summed E-state index contributed by atoms with van der Waals surface area (Å²) >= 11 is 0. The molecule has 96 valence electrons. The minimum Gasteiger partial charge on any atom is -0.294 e. The van der Waals surface area contributed by atoms with Crippen LogP contribution < -0.4 is 0 Å². The third-order valence-corrected chi connectivity index (χ3v) is 3.35. The van der Waals surface area contributed by atoms with E-state index in [0.29, 0.717) is 18.4 Å². The molecule has 0 aromatic carbocycles. The average Bonchev–Trinajstić information content (AvgIpc) is 2.62. The van der Waals surface area contributed by atoms with Gasteiger partial charge in [-0.05, 0) is 31.4 Å². The van der Waals surface area contributed by atoms with Gasteiger partial charge in [0.1, 0.15) is 5.82 Å². The minimum absolute atomic E-state index is 0.178. The molecule has 1 aliphatic rings. The lowest BCUT2D eigenvalue weighted by Gasteiger charge is -2.06. The van der Waals surface area contributed by atoms with Gasteiger partial charge in [-0.2, -0.15) is 0 Å². The zero-order valence-electron chi connectivity index (χ0n) is 10.7. The van der Waals surface area contributed by atoms with Gasteiger partial charge >= 0.3 is 0 Å². The minimum atomic E-state index is 0.178. The van der Waals surface area contributed by atoms with E-state index in [0.717, 1.165) is 36.5 Å². The summed E-state index contributed by atoms with van der Waals surface area (Å²) < 4.78 is 0. The fraction of sp³-hybridized carbons (Fsp3) is 0.333. The predicted octanol–water partition coefficient (Wildman–Crippen LogP) is 2.37. The van der Waals surface area contributed by atoms with Gasteiger partial charge in [0.15, 0.2) is 5.78 Å². The maximum Gasteiger partial charge on any atom is 0.166 e. The van der Waals surface area contributed by atoms with Crippen molar-refractivity contribution in [2.45, 2.75) is 32.1 Å². The van der Waals surface area contributed by atoms with Gasteiger partial charge in [-0.1, -0.05) is 6.07 Å². The number of aryl methyl sites for hydroxylation is 1. The maximum atomic E-state index is 11.9. The molecule has 0 bridgehead atoms. The number of Topliss-reactive ketones (excluding diaryl/α,β-unsaturated/α-hetero) is 1. The summed E-state index contributed by atoms with van der Waals surface area (Å²) in [6.07, 6.45) is 7.54. The molecular weight excluding hydrogens is 238 g/mol. The Balaban J connectivity index is 1.89. The summed E-state index contributed by atoms with van der Waals surface area (Å²) in [6.45, 7) is 0. The Morgan fingerprint density at radius 1 is 1.11 bits per heavy atom. The summed E-state index contributed by atoms with van der Waals surface area (Å²) in [4.78, 5) is 25.0. The van der Waals surface area contributed by atoms with Crippen LogP contribution in [-0.4, -0.2) is 20.7 Å². The second-order valence-corrected chi connectivity index (χ2v) is 4.77. The zero-order chi connectivity index (χ0) is 13.1. The molecule has 0 saturated heterocycles. The summed E-state index contributed by atoms with van der Waals surface area (Å²) in [5.41, 5.74) is 2.56. The van der Waals surface area contributed by atoms with Crippen LogP contribution in [0, 0.1) is 0 Å². The van der Waals surface area contributed by atoms with Crippen molar-refractivity contribution in [1.82, 2.24) is 15.0 Å². The van der Waals surface area contributed by atoms with E-state index in [1.807, 2.05) is 18.2 Å². The molecule has 3 rings (SSSR count). The van der Waals surface area contributed by atoms with Crippen molar-refractivity contribution >= 4 is 5.78 Å². The molecule has 4 nitrogen and oxygen atoms in total. The molecule has 4 heteroatoms. The lowest BCUT2D eigenvalue weighted by Crippen LogP contribution is -2.07. The summed E-state index contributed by atoms with van der Waals surface area (Å²) in [6, 6.07) is 5.80. The Kier molecular flexibility index (Phi) is 3.31. The summed E-state index contributed by atoms with van der Waals surface area (Å²) in [5, 5.41) is 0. The topological polar surface area (TPSA) is 55.7 Å². The van der Waals surface area contributed by atoms with Crippen molar-refractivity contribution < 1.29 is 4.79 Å². The van der Waals surface area contributed by atoms with Gasteiger partial charge in [0.05, 0.1) is 17.7 Å². The Morgan fingerprint density at radius 3 is 2.84 bits per heavy atom. The average molecular weight is 253 g/mol. The molecule has 0 radical (unpaired) electrons. The standard InChI is InChI=1S/C15H15N3O/c19-14-7-2-1-6-13-12(14)10-17-15(18-13)9-11-5-3-4-8-16-11/h3-5,8,10H,1-2,6-7,9H2. The van der Waals surface area contributed by atoms with E-state index >= 15 is 0 Å². The molecule has 0 saturated carbocycles. The normalized spacial score (nSPS) is 14.8. The van der Waals surface area contributed by atoms with E-state index in [2.05, 4.69) is 15.0 Å². The lowest BCUT2D eigenvalue weighted by molar-refractivity contribution is 0.0981. The van der Waals surface area contributed by atoms with Crippen molar-refractivity contribution in [2.75, 3.05) is 0 Å². The molecule has 0 fully saturated rings. The second-order valence-electron chi connectivity index (χ2n) is 4.77. The van der Waals surface area contributed by atoms with Gasteiger partial charge in [0, 0.05) is 24.5 Å². The largest absolute Gasteiger partial charge is 0.294 e. The number of nitrogens with zero attached hydrogens (tertiary/aromatic N) is 3. The van der Waals surface area contributed by atoms with Gasteiger partial charge in [-0.15, -0.1) is 0 Å². The Bertz CT molecular complexity index is 596. The van der Waals surface area contributed by atoms with E-state index in [1.54, 1.807) is 12.4 Å². The highest BCUT2D eigenvalue weighted by Crippen LogP contribution is 2.18. The number of hydrogen-bond donors (Lipinski definition) is 0. The highest BCUT2D eigenvalue weighted by Gasteiger charge is 2.17. The molecule has 2 aromatic rings. The maximum absolute atomic E-state index is 11.9. The van der Waals surface area contributed by atoms with Crippen LogP contribution >= 0.6 is 0 Å². The first-order valence-corrected chi connectivity index (χ1v) is 6.61. The predicted molar refractivity (Wildman–Crippen MR) is 71.0 cm³/mol. The third-order valence-electron chi connectivity index (χ3n) is 3.35. The van der Waals surface area contributed by atoms with Gasteiger partial charge in [-0.3, -0.25) is 9.78 Å². The number of aromatic nitrogens is 3. The molecule has 0 aliphatic heterocycles. The molecule has 1 aliphatic carbocycles. The monoisotopic (exact) mass is 253 g/mol. The van der Waals surface area contributed by atoms with Crippen molar-refractivity contribution in [3.8, 4) is 0 Å². The van der Waals surface area contributed by atoms with E-state index in [-0.39, 0.29) is 5.78 Å². The molecule has 2 heterocycles. The Labute approximate surface area is 111 Å². The van der Waals surface area contributed by atoms with E-state index in [4.69, 9.17) is 0 Å². The number of hydrogen-bond acceptors (Lipinski definition) is 4. The van der Waals surface area contributed by atoms with Gasteiger partial charge in [-0.25, -0.2) is 9.97 Å². The van der Waals surface area contributed by atoms with Crippen LogP contribution in [0.3, 0.4) is 0 Å². The third kappa shape index (κ3) is 2.67. The van der Waals surface area contributed by atoms with Crippen LogP contribution in [-0.2, 0) is 12.8 Å². The van der Waals surface area contributed by atoms with Crippen molar-refractivity contribution in [3.63, 3.8) is 0 Å². The van der Waals surface area contributed by atoms with E-state index in [9.17, 15) is 4.79 Å². The van der Waals surface area contributed by atoms with Crippen LogP contribution in [0.5, 0.6) is 0 Å². The molecule has 19 heavy (non-hydrogen) atoms. The van der Waals surface area contributed by atoms with Crippen molar-refractivity contribution in [3.05, 3.63) is 53.4 Å². The van der Waals surface area contributed by atoms with Crippen LogP contribution in [0.15, 0.2) is 30.6 Å².